The monoisotopic (exact) mass is 247 g/mol. The number of benzene rings is 1. The number of Topliss-reactive ketones (excluding diaryl/α,β-unsaturated/α-hetero) is 1. The van der Waals surface area contributed by atoms with Crippen LogP contribution in [-0.4, -0.2) is 41.5 Å². The van der Waals surface area contributed by atoms with Crippen molar-refractivity contribution < 1.29 is 9.90 Å². The Balaban J connectivity index is 1.84. The topological polar surface area (TPSA) is 40.5 Å². The van der Waals surface area contributed by atoms with E-state index < -0.39 is 0 Å². The third-order valence-electron chi connectivity index (χ3n) is 3.60. The lowest BCUT2D eigenvalue weighted by Crippen LogP contribution is -2.44. The number of carbonyl (C=O) groups excluding carboxylic acids is 1. The molecule has 1 N–H and O–H groups in total. The lowest BCUT2D eigenvalue weighted by Gasteiger charge is -2.36. The maximum absolute atomic E-state index is 12.0. The molecule has 2 rings (SSSR count). The number of hydrogen-bond donors (Lipinski definition) is 1. The average Bonchev–Trinajstić information content (AvgIpc) is 2.28. The van der Waals surface area contributed by atoms with Gasteiger partial charge in [-0.1, -0.05) is 36.8 Å². The minimum Gasteiger partial charge on any atom is -0.395 e. The highest BCUT2D eigenvalue weighted by atomic mass is 16.3. The van der Waals surface area contributed by atoms with E-state index in [0.717, 1.165) is 5.56 Å². The summed E-state index contributed by atoms with van der Waals surface area (Å²) in [4.78, 5) is 14.2. The summed E-state index contributed by atoms with van der Waals surface area (Å²) in [6.45, 7) is 1.22. The van der Waals surface area contributed by atoms with Crippen LogP contribution in [0.5, 0.6) is 0 Å². The second kappa shape index (κ2) is 6.66. The van der Waals surface area contributed by atoms with Crippen LogP contribution in [-0.2, 0) is 11.2 Å². The summed E-state index contributed by atoms with van der Waals surface area (Å²) in [5, 5.41) is 9.05. The molecule has 0 radical (unpaired) electrons. The van der Waals surface area contributed by atoms with Gasteiger partial charge in [-0.25, -0.2) is 0 Å². The Bertz CT molecular complexity index is 373. The van der Waals surface area contributed by atoms with E-state index in [1.165, 1.54) is 19.3 Å². The zero-order valence-electron chi connectivity index (χ0n) is 10.7. The van der Waals surface area contributed by atoms with Gasteiger partial charge in [0.15, 0.2) is 5.78 Å². The fourth-order valence-electron chi connectivity index (χ4n) is 2.38. The van der Waals surface area contributed by atoms with Crippen LogP contribution in [0.1, 0.15) is 24.8 Å². The summed E-state index contributed by atoms with van der Waals surface area (Å²) in [5.74, 6) is 0.238. The van der Waals surface area contributed by atoms with Gasteiger partial charge < -0.3 is 5.11 Å². The van der Waals surface area contributed by atoms with E-state index >= 15 is 0 Å². The van der Waals surface area contributed by atoms with E-state index in [-0.39, 0.29) is 12.4 Å². The van der Waals surface area contributed by atoms with Crippen LogP contribution in [0, 0.1) is 0 Å². The molecule has 0 saturated heterocycles. The molecule has 1 fully saturated rings. The van der Waals surface area contributed by atoms with Crippen LogP contribution < -0.4 is 0 Å². The van der Waals surface area contributed by atoms with Crippen molar-refractivity contribution in [3.05, 3.63) is 35.9 Å². The summed E-state index contributed by atoms with van der Waals surface area (Å²) in [6, 6.07) is 10.4. The molecule has 98 valence electrons. The molecule has 0 heterocycles. The quantitative estimate of drug-likeness (QED) is 0.796. The van der Waals surface area contributed by atoms with E-state index in [9.17, 15) is 4.79 Å². The van der Waals surface area contributed by atoms with Gasteiger partial charge in [-0.15, -0.1) is 0 Å². The van der Waals surface area contributed by atoms with E-state index in [0.29, 0.717) is 25.6 Å². The Morgan fingerprint density at radius 2 is 2.00 bits per heavy atom. The molecular formula is C15H21NO2. The molecule has 1 aliphatic carbocycles. The van der Waals surface area contributed by atoms with Gasteiger partial charge in [0, 0.05) is 19.0 Å². The molecule has 1 saturated carbocycles. The highest BCUT2D eigenvalue weighted by Crippen LogP contribution is 2.24. The standard InChI is InChI=1S/C15H21NO2/c17-10-9-16(14-7-4-8-14)12-15(18)11-13-5-2-1-3-6-13/h1-3,5-6,14,17H,4,7-12H2. The Hall–Kier alpha value is -1.19. The van der Waals surface area contributed by atoms with Gasteiger partial charge in [0.05, 0.1) is 13.2 Å². The Morgan fingerprint density at radius 3 is 2.56 bits per heavy atom. The molecule has 0 aliphatic heterocycles. The molecule has 18 heavy (non-hydrogen) atoms. The predicted octanol–water partition coefficient (Wildman–Crippen LogP) is 1.64. The molecule has 1 aliphatic rings. The molecule has 1 aromatic rings. The molecule has 0 bridgehead atoms. The zero-order valence-corrected chi connectivity index (χ0v) is 10.7. The smallest absolute Gasteiger partial charge is 0.151 e. The van der Waals surface area contributed by atoms with Crippen molar-refractivity contribution in [2.75, 3.05) is 19.7 Å². The molecular weight excluding hydrogens is 226 g/mol. The van der Waals surface area contributed by atoms with Gasteiger partial charge in [0.1, 0.15) is 0 Å². The van der Waals surface area contributed by atoms with Crippen molar-refractivity contribution in [2.24, 2.45) is 0 Å². The molecule has 0 spiro atoms. The van der Waals surface area contributed by atoms with E-state index in [1.54, 1.807) is 0 Å². The fourth-order valence-corrected chi connectivity index (χ4v) is 2.38. The minimum absolute atomic E-state index is 0.134. The van der Waals surface area contributed by atoms with Crippen molar-refractivity contribution in [1.82, 2.24) is 4.90 Å². The molecule has 1 aromatic carbocycles. The third kappa shape index (κ3) is 3.65. The zero-order chi connectivity index (χ0) is 12.8. The highest BCUT2D eigenvalue weighted by molar-refractivity contribution is 5.82. The van der Waals surface area contributed by atoms with Crippen molar-refractivity contribution in [1.29, 1.82) is 0 Å². The van der Waals surface area contributed by atoms with Crippen LogP contribution in [0.4, 0.5) is 0 Å². The summed E-state index contributed by atoms with van der Waals surface area (Å²) >= 11 is 0. The minimum atomic E-state index is 0.134. The summed E-state index contributed by atoms with van der Waals surface area (Å²) < 4.78 is 0. The van der Waals surface area contributed by atoms with E-state index in [4.69, 9.17) is 5.11 Å². The second-order valence-electron chi connectivity index (χ2n) is 4.98. The molecule has 0 atom stereocenters. The number of nitrogens with zero attached hydrogens (tertiary/aromatic N) is 1. The number of carbonyl (C=O) groups is 1. The highest BCUT2D eigenvalue weighted by Gasteiger charge is 2.25. The van der Waals surface area contributed by atoms with Crippen LogP contribution >= 0.6 is 0 Å². The van der Waals surface area contributed by atoms with E-state index in [1.807, 2.05) is 30.3 Å². The van der Waals surface area contributed by atoms with Crippen molar-refractivity contribution in [2.45, 2.75) is 31.7 Å². The molecule has 3 nitrogen and oxygen atoms in total. The summed E-state index contributed by atoms with van der Waals surface area (Å²) in [7, 11) is 0. The van der Waals surface area contributed by atoms with Crippen LogP contribution in [0.25, 0.3) is 0 Å². The fraction of sp³-hybridized carbons (Fsp3) is 0.533. The van der Waals surface area contributed by atoms with Crippen molar-refractivity contribution in [3.63, 3.8) is 0 Å². The number of hydrogen-bond acceptors (Lipinski definition) is 3. The third-order valence-corrected chi connectivity index (χ3v) is 3.60. The normalized spacial score (nSPS) is 15.7. The molecule has 0 amide bonds. The first kappa shape index (κ1) is 13.2. The van der Waals surface area contributed by atoms with Gasteiger partial charge in [-0.05, 0) is 18.4 Å². The van der Waals surface area contributed by atoms with E-state index in [2.05, 4.69) is 4.90 Å². The lowest BCUT2D eigenvalue weighted by molar-refractivity contribution is -0.120. The van der Waals surface area contributed by atoms with Crippen LogP contribution in [0.3, 0.4) is 0 Å². The van der Waals surface area contributed by atoms with Crippen molar-refractivity contribution >= 4 is 5.78 Å². The Morgan fingerprint density at radius 1 is 1.28 bits per heavy atom. The maximum atomic E-state index is 12.0. The van der Waals surface area contributed by atoms with Gasteiger partial charge in [-0.3, -0.25) is 9.69 Å². The molecule has 0 unspecified atom stereocenters. The molecule has 0 aromatic heterocycles. The predicted molar refractivity (Wildman–Crippen MR) is 71.5 cm³/mol. The summed E-state index contributed by atoms with van der Waals surface area (Å²) in [6.07, 6.45) is 4.08. The van der Waals surface area contributed by atoms with Gasteiger partial charge >= 0.3 is 0 Å². The molecule has 3 heteroatoms. The maximum Gasteiger partial charge on any atom is 0.151 e. The largest absolute Gasteiger partial charge is 0.395 e. The Labute approximate surface area is 108 Å². The first-order valence-corrected chi connectivity index (χ1v) is 6.70. The SMILES string of the molecule is O=C(Cc1ccccc1)CN(CCO)C1CCC1. The van der Waals surface area contributed by atoms with Crippen LogP contribution in [0.2, 0.25) is 0 Å². The Kier molecular flexibility index (Phi) is 4.90. The number of aliphatic hydroxyl groups excluding tert-OH is 1. The lowest BCUT2D eigenvalue weighted by atomic mass is 9.91. The first-order valence-electron chi connectivity index (χ1n) is 6.70. The summed E-state index contributed by atoms with van der Waals surface area (Å²) in [5.41, 5.74) is 1.07. The number of ketones is 1. The van der Waals surface area contributed by atoms with Gasteiger partial charge in [-0.2, -0.15) is 0 Å². The second-order valence-corrected chi connectivity index (χ2v) is 4.98. The average molecular weight is 247 g/mol. The van der Waals surface area contributed by atoms with Gasteiger partial charge in [0.2, 0.25) is 0 Å². The number of aliphatic hydroxyl groups is 1. The number of rotatable bonds is 7. The van der Waals surface area contributed by atoms with Crippen LogP contribution in [0.15, 0.2) is 30.3 Å². The van der Waals surface area contributed by atoms with Gasteiger partial charge in [0.25, 0.3) is 0 Å². The van der Waals surface area contributed by atoms with Crippen molar-refractivity contribution in [3.8, 4) is 0 Å². The first-order chi connectivity index (χ1) is 8.79.